The van der Waals surface area contributed by atoms with Crippen molar-refractivity contribution < 1.29 is 4.79 Å². The molecule has 1 saturated heterocycles. The van der Waals surface area contributed by atoms with Crippen LogP contribution in [0.2, 0.25) is 0 Å². The van der Waals surface area contributed by atoms with E-state index in [0.717, 1.165) is 19.5 Å². The van der Waals surface area contributed by atoms with Crippen molar-refractivity contribution in [1.29, 1.82) is 0 Å². The maximum Gasteiger partial charge on any atom is 0.218 e. The Kier molecular flexibility index (Phi) is 3.96. The zero-order valence-corrected chi connectivity index (χ0v) is 10.2. The number of amides is 1. The van der Waals surface area contributed by atoms with Crippen molar-refractivity contribution in [3.63, 3.8) is 0 Å². The standard InChI is InChI=1S/C12H18N2OS/c13-12(15)7-11-3-1-2-5-14(11)8-10-4-6-16-9-10/h4,6,9,11H,1-3,5,7-8H2,(H2,13,15)/t11-/m1/s1. The van der Waals surface area contributed by atoms with E-state index in [-0.39, 0.29) is 5.91 Å². The van der Waals surface area contributed by atoms with Crippen molar-refractivity contribution in [3.05, 3.63) is 22.4 Å². The van der Waals surface area contributed by atoms with Crippen molar-refractivity contribution >= 4 is 17.2 Å². The number of hydrogen-bond donors (Lipinski definition) is 1. The third-order valence-electron chi connectivity index (χ3n) is 3.15. The number of nitrogens with two attached hydrogens (primary N) is 1. The molecule has 88 valence electrons. The molecule has 0 aliphatic carbocycles. The summed E-state index contributed by atoms with van der Waals surface area (Å²) in [7, 11) is 0. The van der Waals surface area contributed by atoms with E-state index >= 15 is 0 Å². The first-order valence-electron chi connectivity index (χ1n) is 5.79. The predicted octanol–water partition coefficient (Wildman–Crippen LogP) is 1.98. The highest BCUT2D eigenvalue weighted by Crippen LogP contribution is 2.22. The lowest BCUT2D eigenvalue weighted by Gasteiger charge is -2.34. The van der Waals surface area contributed by atoms with Gasteiger partial charge >= 0.3 is 0 Å². The third kappa shape index (κ3) is 3.06. The maximum absolute atomic E-state index is 11.0. The van der Waals surface area contributed by atoms with Crippen molar-refractivity contribution in [2.75, 3.05) is 6.54 Å². The Hall–Kier alpha value is -0.870. The number of piperidine rings is 1. The average molecular weight is 238 g/mol. The molecule has 1 amide bonds. The quantitative estimate of drug-likeness (QED) is 0.872. The van der Waals surface area contributed by atoms with Gasteiger partial charge in [-0.3, -0.25) is 9.69 Å². The molecule has 2 heterocycles. The molecule has 0 radical (unpaired) electrons. The minimum atomic E-state index is -0.179. The van der Waals surface area contributed by atoms with Gasteiger partial charge in [0, 0.05) is 19.0 Å². The van der Waals surface area contributed by atoms with Crippen LogP contribution >= 0.6 is 11.3 Å². The molecule has 0 bridgehead atoms. The monoisotopic (exact) mass is 238 g/mol. The lowest BCUT2D eigenvalue weighted by molar-refractivity contribution is -0.119. The van der Waals surface area contributed by atoms with E-state index < -0.39 is 0 Å². The Balaban J connectivity index is 1.96. The first kappa shape index (κ1) is 11.6. The van der Waals surface area contributed by atoms with Crippen LogP contribution in [0, 0.1) is 0 Å². The van der Waals surface area contributed by atoms with Crippen LogP contribution in [0.15, 0.2) is 16.8 Å². The lowest BCUT2D eigenvalue weighted by atomic mass is 9.98. The highest BCUT2D eigenvalue weighted by Gasteiger charge is 2.23. The lowest BCUT2D eigenvalue weighted by Crippen LogP contribution is -2.41. The molecule has 1 aliphatic rings. The highest BCUT2D eigenvalue weighted by atomic mass is 32.1. The van der Waals surface area contributed by atoms with Crippen LogP contribution in [0.25, 0.3) is 0 Å². The van der Waals surface area contributed by atoms with Crippen LogP contribution in [-0.4, -0.2) is 23.4 Å². The van der Waals surface area contributed by atoms with Gasteiger partial charge in [-0.05, 0) is 41.8 Å². The van der Waals surface area contributed by atoms with E-state index in [1.807, 2.05) is 0 Å². The van der Waals surface area contributed by atoms with E-state index in [9.17, 15) is 4.79 Å². The fourth-order valence-electron chi connectivity index (χ4n) is 2.35. The maximum atomic E-state index is 11.0. The molecular weight excluding hydrogens is 220 g/mol. The molecule has 1 atom stereocenters. The van der Waals surface area contributed by atoms with Crippen molar-refractivity contribution in [2.45, 2.75) is 38.3 Å². The molecule has 4 heteroatoms. The van der Waals surface area contributed by atoms with E-state index in [0.29, 0.717) is 12.5 Å². The number of likely N-dealkylation sites (tertiary alicyclic amines) is 1. The van der Waals surface area contributed by atoms with Gasteiger partial charge in [-0.1, -0.05) is 6.42 Å². The SMILES string of the molecule is NC(=O)C[C@H]1CCCCN1Cc1ccsc1. The Morgan fingerprint density at radius 1 is 1.56 bits per heavy atom. The Bertz CT molecular complexity index is 337. The molecule has 16 heavy (non-hydrogen) atoms. The zero-order chi connectivity index (χ0) is 11.4. The van der Waals surface area contributed by atoms with Crippen molar-refractivity contribution in [2.24, 2.45) is 5.73 Å². The summed E-state index contributed by atoms with van der Waals surface area (Å²) in [5, 5.41) is 4.28. The number of hydrogen-bond acceptors (Lipinski definition) is 3. The Morgan fingerprint density at radius 2 is 2.44 bits per heavy atom. The summed E-state index contributed by atoms with van der Waals surface area (Å²) >= 11 is 1.73. The second-order valence-electron chi connectivity index (χ2n) is 4.42. The number of nitrogens with zero attached hydrogens (tertiary/aromatic N) is 1. The molecule has 0 spiro atoms. The smallest absolute Gasteiger partial charge is 0.218 e. The summed E-state index contributed by atoms with van der Waals surface area (Å²) in [5.74, 6) is -0.179. The molecule has 0 saturated carbocycles. The van der Waals surface area contributed by atoms with Crippen LogP contribution in [-0.2, 0) is 11.3 Å². The predicted molar refractivity (Wildman–Crippen MR) is 66.2 cm³/mol. The van der Waals surface area contributed by atoms with E-state index in [4.69, 9.17) is 5.73 Å². The topological polar surface area (TPSA) is 46.3 Å². The van der Waals surface area contributed by atoms with Gasteiger partial charge in [-0.15, -0.1) is 0 Å². The fraction of sp³-hybridized carbons (Fsp3) is 0.583. The average Bonchev–Trinajstić information content (AvgIpc) is 2.73. The summed E-state index contributed by atoms with van der Waals surface area (Å²) in [4.78, 5) is 13.4. The van der Waals surface area contributed by atoms with Gasteiger partial charge in [0.25, 0.3) is 0 Å². The number of primary amides is 1. The fourth-order valence-corrected chi connectivity index (χ4v) is 3.01. The minimum absolute atomic E-state index is 0.179. The molecule has 3 nitrogen and oxygen atoms in total. The van der Waals surface area contributed by atoms with Crippen LogP contribution in [0.1, 0.15) is 31.2 Å². The Labute approximate surface area is 100 Å². The number of thiophene rings is 1. The minimum Gasteiger partial charge on any atom is -0.370 e. The van der Waals surface area contributed by atoms with Crippen molar-refractivity contribution in [3.8, 4) is 0 Å². The summed E-state index contributed by atoms with van der Waals surface area (Å²) < 4.78 is 0. The first-order chi connectivity index (χ1) is 7.75. The molecule has 1 aromatic rings. The zero-order valence-electron chi connectivity index (χ0n) is 9.39. The molecule has 1 fully saturated rings. The third-order valence-corrected chi connectivity index (χ3v) is 3.88. The first-order valence-corrected chi connectivity index (χ1v) is 6.73. The van der Waals surface area contributed by atoms with Crippen LogP contribution < -0.4 is 5.73 Å². The van der Waals surface area contributed by atoms with E-state index in [1.54, 1.807) is 11.3 Å². The molecule has 1 aliphatic heterocycles. The Morgan fingerprint density at radius 3 is 3.12 bits per heavy atom. The normalized spacial score (nSPS) is 22.1. The molecule has 1 aromatic heterocycles. The molecule has 2 rings (SSSR count). The molecule has 0 unspecified atom stereocenters. The largest absolute Gasteiger partial charge is 0.370 e. The highest BCUT2D eigenvalue weighted by molar-refractivity contribution is 7.07. The van der Waals surface area contributed by atoms with Gasteiger partial charge < -0.3 is 5.73 Å². The molecular formula is C12H18N2OS. The summed E-state index contributed by atoms with van der Waals surface area (Å²) in [6.45, 7) is 2.05. The van der Waals surface area contributed by atoms with Gasteiger partial charge in [0.1, 0.15) is 0 Å². The van der Waals surface area contributed by atoms with Gasteiger partial charge in [0.15, 0.2) is 0 Å². The van der Waals surface area contributed by atoms with Crippen molar-refractivity contribution in [1.82, 2.24) is 4.90 Å². The second kappa shape index (κ2) is 5.46. The number of carbonyl (C=O) groups excluding carboxylic acids is 1. The summed E-state index contributed by atoms with van der Waals surface area (Å²) in [6, 6.07) is 2.51. The number of rotatable bonds is 4. The van der Waals surface area contributed by atoms with Crippen LogP contribution in [0.3, 0.4) is 0 Å². The molecule has 2 N–H and O–H groups in total. The van der Waals surface area contributed by atoms with E-state index in [1.165, 1.54) is 18.4 Å². The summed E-state index contributed by atoms with van der Waals surface area (Å²) in [6.07, 6.45) is 4.06. The number of carbonyl (C=O) groups is 1. The van der Waals surface area contributed by atoms with Gasteiger partial charge in [-0.25, -0.2) is 0 Å². The van der Waals surface area contributed by atoms with Gasteiger partial charge in [0.05, 0.1) is 0 Å². The second-order valence-corrected chi connectivity index (χ2v) is 5.20. The van der Waals surface area contributed by atoms with Crippen LogP contribution in [0.4, 0.5) is 0 Å². The van der Waals surface area contributed by atoms with E-state index in [2.05, 4.69) is 21.7 Å². The summed E-state index contributed by atoms with van der Waals surface area (Å²) in [5.41, 5.74) is 6.64. The van der Waals surface area contributed by atoms with Gasteiger partial charge in [0.2, 0.25) is 5.91 Å². The molecule has 0 aromatic carbocycles. The van der Waals surface area contributed by atoms with Gasteiger partial charge in [-0.2, -0.15) is 11.3 Å². The van der Waals surface area contributed by atoms with Crippen LogP contribution in [0.5, 0.6) is 0 Å².